The first kappa shape index (κ1) is 14.3. The zero-order valence-corrected chi connectivity index (χ0v) is 12.5. The number of hydrogen-bond donors (Lipinski definition) is 1. The summed E-state index contributed by atoms with van der Waals surface area (Å²) in [6.07, 6.45) is 0. The van der Waals surface area contributed by atoms with E-state index >= 15 is 0 Å². The number of amides is 1. The number of halogens is 4. The molecular weight excluding hydrogens is 356 g/mol. The summed E-state index contributed by atoms with van der Waals surface area (Å²) in [4.78, 5) is 12.0. The van der Waals surface area contributed by atoms with Gasteiger partial charge < -0.3 is 5.32 Å². The Balaban J connectivity index is 2.26. The molecule has 0 aliphatic rings. The van der Waals surface area contributed by atoms with Crippen molar-refractivity contribution < 1.29 is 9.18 Å². The molecule has 1 amide bonds. The van der Waals surface area contributed by atoms with E-state index in [1.807, 2.05) is 0 Å². The molecule has 98 valence electrons. The summed E-state index contributed by atoms with van der Waals surface area (Å²) in [5, 5.41) is 2.66. The molecule has 0 aliphatic carbocycles. The highest BCUT2D eigenvalue weighted by Gasteiger charge is 2.13. The Morgan fingerprint density at radius 2 is 1.63 bits per heavy atom. The van der Waals surface area contributed by atoms with Crippen molar-refractivity contribution in [3.05, 3.63) is 62.3 Å². The monoisotopic (exact) mass is 361 g/mol. The molecule has 0 atom stereocenters. The van der Waals surface area contributed by atoms with E-state index in [9.17, 15) is 9.18 Å². The van der Waals surface area contributed by atoms with Crippen molar-refractivity contribution in [2.75, 3.05) is 5.32 Å². The second-order valence-corrected chi connectivity index (χ2v) is 5.44. The van der Waals surface area contributed by atoms with Gasteiger partial charge in [-0.05, 0) is 36.4 Å². The normalized spacial score (nSPS) is 10.3. The maximum absolute atomic E-state index is 13.0. The molecule has 0 unspecified atom stereocenters. The summed E-state index contributed by atoms with van der Waals surface area (Å²) in [5.41, 5.74) is 0.636. The Bertz CT molecular complexity index is 608. The molecule has 6 heteroatoms. The number of benzene rings is 2. The minimum atomic E-state index is -0.559. The smallest absolute Gasteiger partial charge is 0.255 e. The van der Waals surface area contributed by atoms with Crippen LogP contribution >= 0.6 is 39.1 Å². The Labute approximate surface area is 127 Å². The van der Waals surface area contributed by atoms with Crippen LogP contribution in [0.2, 0.25) is 10.0 Å². The van der Waals surface area contributed by atoms with Gasteiger partial charge in [-0.1, -0.05) is 39.1 Å². The maximum atomic E-state index is 13.0. The Hall–Kier alpha value is -1.10. The zero-order chi connectivity index (χ0) is 14.0. The Kier molecular flexibility index (Phi) is 4.45. The summed E-state index contributed by atoms with van der Waals surface area (Å²) in [6, 6.07) is 8.94. The fourth-order valence-electron chi connectivity index (χ4n) is 1.45. The maximum Gasteiger partial charge on any atom is 0.255 e. The summed E-state index contributed by atoms with van der Waals surface area (Å²) in [6.45, 7) is 0. The fourth-order valence-corrected chi connectivity index (χ4v) is 2.27. The lowest BCUT2D eigenvalue weighted by Crippen LogP contribution is -2.12. The van der Waals surface area contributed by atoms with Gasteiger partial charge >= 0.3 is 0 Å². The first-order valence-electron chi connectivity index (χ1n) is 5.19. The van der Waals surface area contributed by atoms with Gasteiger partial charge in [-0.2, -0.15) is 0 Å². The summed E-state index contributed by atoms with van der Waals surface area (Å²) >= 11 is 15.0. The van der Waals surface area contributed by atoms with Crippen LogP contribution in [0.15, 0.2) is 40.9 Å². The van der Waals surface area contributed by atoms with Crippen molar-refractivity contribution in [2.24, 2.45) is 0 Å². The minimum Gasteiger partial charge on any atom is -0.319 e. The van der Waals surface area contributed by atoms with Crippen LogP contribution in [0.1, 0.15) is 10.4 Å². The third-order valence-corrected chi connectivity index (χ3v) is 3.48. The van der Waals surface area contributed by atoms with Crippen LogP contribution in [0.4, 0.5) is 10.1 Å². The summed E-state index contributed by atoms with van der Waals surface area (Å²) in [7, 11) is 0. The van der Waals surface area contributed by atoms with Crippen LogP contribution in [0, 0.1) is 5.82 Å². The molecule has 2 rings (SSSR count). The quantitative estimate of drug-likeness (QED) is 0.786. The van der Waals surface area contributed by atoms with Crippen LogP contribution in [0.25, 0.3) is 0 Å². The molecule has 0 aliphatic heterocycles. The van der Waals surface area contributed by atoms with Gasteiger partial charge in [-0.3, -0.25) is 4.79 Å². The first-order valence-corrected chi connectivity index (χ1v) is 6.74. The van der Waals surface area contributed by atoms with E-state index in [4.69, 9.17) is 23.2 Å². The van der Waals surface area contributed by atoms with Gasteiger partial charge in [-0.15, -0.1) is 0 Å². The average Bonchev–Trinajstić information content (AvgIpc) is 2.34. The number of carbonyl (C=O) groups excluding carboxylic acids is 1. The Morgan fingerprint density at radius 3 is 2.16 bits per heavy atom. The van der Waals surface area contributed by atoms with Crippen LogP contribution in [0.3, 0.4) is 0 Å². The predicted molar refractivity (Wildman–Crippen MR) is 78.5 cm³/mol. The summed E-state index contributed by atoms with van der Waals surface area (Å²) < 4.78 is 13.9. The molecule has 1 N–H and O–H groups in total. The van der Waals surface area contributed by atoms with E-state index in [-0.39, 0.29) is 21.6 Å². The largest absolute Gasteiger partial charge is 0.319 e. The molecule has 0 saturated heterocycles. The van der Waals surface area contributed by atoms with Crippen molar-refractivity contribution in [3.63, 3.8) is 0 Å². The van der Waals surface area contributed by atoms with E-state index in [0.717, 1.165) is 16.6 Å². The van der Waals surface area contributed by atoms with Crippen molar-refractivity contribution in [2.45, 2.75) is 0 Å². The van der Waals surface area contributed by atoms with E-state index in [2.05, 4.69) is 21.2 Å². The molecule has 0 fully saturated rings. The number of hydrogen-bond acceptors (Lipinski definition) is 1. The van der Waals surface area contributed by atoms with Crippen LogP contribution in [-0.4, -0.2) is 5.91 Å². The molecule has 0 spiro atoms. The van der Waals surface area contributed by atoms with Gasteiger partial charge in [0.2, 0.25) is 0 Å². The average molecular weight is 363 g/mol. The topological polar surface area (TPSA) is 29.1 Å². The highest BCUT2D eigenvalue weighted by molar-refractivity contribution is 9.10. The highest BCUT2D eigenvalue weighted by atomic mass is 79.9. The number of nitrogens with one attached hydrogen (secondary N) is 1. The molecule has 19 heavy (non-hydrogen) atoms. The van der Waals surface area contributed by atoms with Crippen LogP contribution < -0.4 is 5.32 Å². The van der Waals surface area contributed by atoms with Crippen molar-refractivity contribution in [1.29, 1.82) is 0 Å². The summed E-state index contributed by atoms with van der Waals surface area (Å²) in [5.74, 6) is -0.931. The first-order chi connectivity index (χ1) is 8.97. The third-order valence-electron chi connectivity index (χ3n) is 2.35. The van der Waals surface area contributed by atoms with Crippen molar-refractivity contribution in [3.8, 4) is 0 Å². The number of anilines is 1. The Morgan fingerprint density at radius 1 is 1.11 bits per heavy atom. The molecule has 0 bridgehead atoms. The number of carbonyl (C=O) groups is 1. The fraction of sp³-hybridized carbons (Fsp3) is 0. The molecule has 2 aromatic rings. The molecule has 0 saturated carbocycles. The molecule has 0 heterocycles. The third kappa shape index (κ3) is 3.47. The molecule has 0 aromatic heterocycles. The van der Waals surface area contributed by atoms with E-state index in [1.165, 1.54) is 0 Å². The van der Waals surface area contributed by atoms with Crippen LogP contribution in [-0.2, 0) is 0 Å². The van der Waals surface area contributed by atoms with Gasteiger partial charge in [0.05, 0.1) is 15.7 Å². The predicted octanol–water partition coefficient (Wildman–Crippen LogP) is 5.15. The van der Waals surface area contributed by atoms with E-state index in [0.29, 0.717) is 5.56 Å². The zero-order valence-electron chi connectivity index (χ0n) is 9.38. The van der Waals surface area contributed by atoms with Crippen molar-refractivity contribution >= 4 is 50.7 Å². The molecule has 2 aromatic carbocycles. The van der Waals surface area contributed by atoms with E-state index < -0.39 is 5.82 Å². The second-order valence-electron chi connectivity index (χ2n) is 3.71. The van der Waals surface area contributed by atoms with Gasteiger partial charge in [0.15, 0.2) is 0 Å². The van der Waals surface area contributed by atoms with Gasteiger partial charge in [0, 0.05) is 10.0 Å². The van der Waals surface area contributed by atoms with Crippen molar-refractivity contribution in [1.82, 2.24) is 0 Å². The lowest BCUT2D eigenvalue weighted by molar-refractivity contribution is 0.102. The lowest BCUT2D eigenvalue weighted by Gasteiger charge is -2.09. The second kappa shape index (κ2) is 5.90. The minimum absolute atomic E-state index is 0.0514. The molecule has 0 radical (unpaired) electrons. The number of rotatable bonds is 2. The molecular formula is C13H7BrCl2FNO. The SMILES string of the molecule is O=C(Nc1c(Cl)cc(F)cc1Cl)c1ccc(Br)cc1. The van der Waals surface area contributed by atoms with Gasteiger partial charge in [-0.25, -0.2) is 4.39 Å². The van der Waals surface area contributed by atoms with Gasteiger partial charge in [0.1, 0.15) is 5.82 Å². The lowest BCUT2D eigenvalue weighted by atomic mass is 10.2. The van der Waals surface area contributed by atoms with E-state index in [1.54, 1.807) is 24.3 Å². The van der Waals surface area contributed by atoms with Crippen LogP contribution in [0.5, 0.6) is 0 Å². The highest BCUT2D eigenvalue weighted by Crippen LogP contribution is 2.31. The standard InChI is InChI=1S/C13H7BrCl2FNO/c14-8-3-1-7(2-4-8)13(19)18-12-10(15)5-9(17)6-11(12)16/h1-6H,(H,18,19). The molecule has 2 nitrogen and oxygen atoms in total. The van der Waals surface area contributed by atoms with Gasteiger partial charge in [0.25, 0.3) is 5.91 Å².